The lowest BCUT2D eigenvalue weighted by Gasteiger charge is -2.43. The second-order valence-corrected chi connectivity index (χ2v) is 9.19. The van der Waals surface area contributed by atoms with E-state index in [0.717, 1.165) is 6.42 Å². The fourth-order valence-corrected chi connectivity index (χ4v) is 4.90. The maximum atomic E-state index is 12.0. The Labute approximate surface area is 173 Å². The quantitative estimate of drug-likeness (QED) is 0.801. The van der Waals surface area contributed by atoms with Gasteiger partial charge in [-0.25, -0.2) is 8.42 Å². The largest absolute Gasteiger partial charge is 0.457 e. The van der Waals surface area contributed by atoms with Crippen molar-refractivity contribution < 1.29 is 18.3 Å². The van der Waals surface area contributed by atoms with Gasteiger partial charge in [0.15, 0.2) is 5.84 Å². The topological polar surface area (TPSA) is 103 Å². The van der Waals surface area contributed by atoms with E-state index in [1.54, 1.807) is 42.5 Å². The average Bonchev–Trinajstić information content (AvgIpc) is 2.69. The minimum Gasteiger partial charge on any atom is -0.457 e. The predicted octanol–water partition coefficient (Wildman–Crippen LogP) is 3.03. The summed E-state index contributed by atoms with van der Waals surface area (Å²) in [6.07, 6.45) is 1.13. The number of fused-ring (bicyclic) bond motifs is 1. The minimum absolute atomic E-state index is 0.0352. The van der Waals surface area contributed by atoms with E-state index in [1.807, 2.05) is 11.0 Å². The summed E-state index contributed by atoms with van der Waals surface area (Å²) in [5.74, 6) is 1.16. The molecule has 0 saturated carbocycles. The van der Waals surface area contributed by atoms with Crippen LogP contribution in [0.15, 0.2) is 46.9 Å². The van der Waals surface area contributed by atoms with Gasteiger partial charge in [0.25, 0.3) is 10.0 Å². The van der Waals surface area contributed by atoms with Crippen molar-refractivity contribution in [3.05, 3.63) is 58.6 Å². The molecule has 2 aliphatic rings. The highest BCUT2D eigenvalue weighted by molar-refractivity contribution is 7.90. The number of piperidine rings is 1. The van der Waals surface area contributed by atoms with Crippen molar-refractivity contribution in [2.24, 2.45) is 4.40 Å². The highest BCUT2D eigenvalue weighted by Gasteiger charge is 2.44. The molecule has 0 spiro atoms. The molecule has 0 bridgehead atoms. The smallest absolute Gasteiger partial charge is 0.256 e. The number of rotatable bonds is 3. The first-order valence-electron chi connectivity index (χ1n) is 9.09. The molecular weight excluding hydrogens is 414 g/mol. The molecule has 0 aliphatic carbocycles. The van der Waals surface area contributed by atoms with Crippen LogP contribution in [0, 0.1) is 11.3 Å². The fraction of sp³-hybridized carbons (Fsp3) is 0.300. The van der Waals surface area contributed by atoms with Gasteiger partial charge in [-0.1, -0.05) is 23.7 Å². The summed E-state index contributed by atoms with van der Waals surface area (Å²) in [5.41, 5.74) is -0.535. The van der Waals surface area contributed by atoms with Crippen molar-refractivity contribution in [3.63, 3.8) is 0 Å². The van der Waals surface area contributed by atoms with Gasteiger partial charge in [0.1, 0.15) is 23.2 Å². The lowest BCUT2D eigenvalue weighted by molar-refractivity contribution is 0.0647. The van der Waals surface area contributed by atoms with Gasteiger partial charge in [0, 0.05) is 19.2 Å². The molecule has 0 amide bonds. The van der Waals surface area contributed by atoms with Gasteiger partial charge in [0.05, 0.1) is 16.3 Å². The van der Waals surface area contributed by atoms with Gasteiger partial charge >= 0.3 is 0 Å². The molecule has 1 unspecified atom stereocenters. The lowest BCUT2D eigenvalue weighted by Crippen LogP contribution is -2.55. The average molecular weight is 432 g/mol. The van der Waals surface area contributed by atoms with E-state index in [4.69, 9.17) is 21.6 Å². The van der Waals surface area contributed by atoms with Gasteiger partial charge in [-0.05, 0) is 42.7 Å². The van der Waals surface area contributed by atoms with Crippen LogP contribution >= 0.6 is 11.6 Å². The molecule has 29 heavy (non-hydrogen) atoms. The maximum absolute atomic E-state index is 12.0. The van der Waals surface area contributed by atoms with Crippen LogP contribution in [0.25, 0.3) is 0 Å². The zero-order valence-electron chi connectivity index (χ0n) is 15.4. The molecule has 1 atom stereocenters. The molecule has 7 nitrogen and oxygen atoms in total. The Hall–Kier alpha value is -2.60. The molecular formula is C20H18ClN3O4S. The molecule has 1 saturated heterocycles. The van der Waals surface area contributed by atoms with Crippen molar-refractivity contribution in [2.75, 3.05) is 18.8 Å². The number of aliphatic hydroxyl groups is 1. The second kappa shape index (κ2) is 7.34. The molecule has 9 heteroatoms. The molecule has 150 valence electrons. The summed E-state index contributed by atoms with van der Waals surface area (Å²) >= 11 is 6.03. The van der Waals surface area contributed by atoms with Gasteiger partial charge in [-0.2, -0.15) is 5.26 Å². The van der Waals surface area contributed by atoms with Crippen LogP contribution in [0.5, 0.6) is 11.5 Å². The van der Waals surface area contributed by atoms with Gasteiger partial charge in [0.2, 0.25) is 0 Å². The van der Waals surface area contributed by atoms with E-state index >= 15 is 0 Å². The van der Waals surface area contributed by atoms with Crippen LogP contribution in [0.1, 0.15) is 24.0 Å². The third kappa shape index (κ3) is 3.81. The third-order valence-electron chi connectivity index (χ3n) is 5.11. The maximum Gasteiger partial charge on any atom is 0.256 e. The SMILES string of the molecule is N#Cc1ccc(Oc2ccc(C3(O)CCCN4CCS(=O)(=O)N=C43)cc2)cc1Cl. The number of sulfonamides is 1. The molecule has 2 heterocycles. The highest BCUT2D eigenvalue weighted by atomic mass is 35.5. The summed E-state index contributed by atoms with van der Waals surface area (Å²) in [6, 6.07) is 13.6. The van der Waals surface area contributed by atoms with E-state index in [1.165, 1.54) is 0 Å². The Morgan fingerprint density at radius 2 is 1.90 bits per heavy atom. The Morgan fingerprint density at radius 1 is 1.17 bits per heavy atom. The molecule has 1 N–H and O–H groups in total. The van der Waals surface area contributed by atoms with Gasteiger partial charge in [-0.15, -0.1) is 4.40 Å². The van der Waals surface area contributed by atoms with E-state index in [0.29, 0.717) is 47.2 Å². The number of hydrogen-bond acceptors (Lipinski definition) is 6. The number of amidine groups is 1. The van der Waals surface area contributed by atoms with Crippen molar-refractivity contribution >= 4 is 27.5 Å². The van der Waals surface area contributed by atoms with E-state index in [-0.39, 0.29) is 11.6 Å². The molecule has 0 radical (unpaired) electrons. The Balaban J connectivity index is 1.61. The Bertz CT molecular complexity index is 1130. The van der Waals surface area contributed by atoms with E-state index in [9.17, 15) is 13.5 Å². The highest BCUT2D eigenvalue weighted by Crippen LogP contribution is 2.36. The number of nitrogens with zero attached hydrogens (tertiary/aromatic N) is 3. The third-order valence-corrected chi connectivity index (χ3v) is 6.57. The second-order valence-electron chi connectivity index (χ2n) is 7.03. The van der Waals surface area contributed by atoms with Gasteiger partial charge in [-0.3, -0.25) is 0 Å². The molecule has 1 fully saturated rings. The molecule has 2 aromatic carbocycles. The fourth-order valence-electron chi connectivity index (χ4n) is 3.62. The number of halogens is 1. The predicted molar refractivity (Wildman–Crippen MR) is 109 cm³/mol. The number of ether oxygens (including phenoxy) is 1. The lowest BCUT2D eigenvalue weighted by atomic mass is 9.84. The first-order valence-corrected chi connectivity index (χ1v) is 11.1. The van der Waals surface area contributed by atoms with Crippen LogP contribution in [0.2, 0.25) is 5.02 Å². The number of nitriles is 1. The monoisotopic (exact) mass is 431 g/mol. The normalized spacial score (nSPS) is 22.9. The van der Waals surface area contributed by atoms with Crippen LogP contribution in [-0.2, 0) is 15.6 Å². The summed E-state index contributed by atoms with van der Waals surface area (Å²) in [7, 11) is -3.56. The van der Waals surface area contributed by atoms with Gasteiger partial charge < -0.3 is 14.7 Å². The molecule has 0 aromatic heterocycles. The van der Waals surface area contributed by atoms with Crippen LogP contribution < -0.4 is 4.74 Å². The first kappa shape index (κ1) is 19.7. The summed E-state index contributed by atoms with van der Waals surface area (Å²) in [4.78, 5) is 1.84. The van der Waals surface area contributed by atoms with E-state index in [2.05, 4.69) is 4.40 Å². The first-order chi connectivity index (χ1) is 13.8. The zero-order chi connectivity index (χ0) is 20.6. The molecule has 2 aliphatic heterocycles. The van der Waals surface area contributed by atoms with Crippen molar-refractivity contribution in [1.82, 2.24) is 4.90 Å². The van der Waals surface area contributed by atoms with Crippen LogP contribution in [0.4, 0.5) is 0 Å². The molecule has 2 aromatic rings. The number of benzene rings is 2. The van der Waals surface area contributed by atoms with Crippen LogP contribution in [-0.4, -0.2) is 43.1 Å². The van der Waals surface area contributed by atoms with Crippen molar-refractivity contribution in [3.8, 4) is 17.6 Å². The summed E-state index contributed by atoms with van der Waals surface area (Å²) < 4.78 is 33.6. The standard InChI is InChI=1S/C20H18ClN3O4S/c21-18-12-17(5-2-14(18)13-22)28-16-6-3-15(4-7-16)20(25)8-1-9-24-10-11-29(26,27)23-19(20)24/h2-7,12,25H,1,8-11H2. The van der Waals surface area contributed by atoms with E-state index < -0.39 is 15.6 Å². The summed E-state index contributed by atoms with van der Waals surface area (Å²) in [5, 5.41) is 20.6. The Kier molecular flexibility index (Phi) is 4.99. The zero-order valence-corrected chi connectivity index (χ0v) is 16.9. The van der Waals surface area contributed by atoms with Crippen LogP contribution in [0.3, 0.4) is 0 Å². The summed E-state index contributed by atoms with van der Waals surface area (Å²) in [6.45, 7) is 1.02. The minimum atomic E-state index is -3.56. The Morgan fingerprint density at radius 3 is 2.59 bits per heavy atom. The van der Waals surface area contributed by atoms with Crippen molar-refractivity contribution in [1.29, 1.82) is 5.26 Å². The van der Waals surface area contributed by atoms with Crippen molar-refractivity contribution in [2.45, 2.75) is 18.4 Å². The number of hydrogen-bond donors (Lipinski definition) is 1. The molecule has 4 rings (SSSR count).